The first-order chi connectivity index (χ1) is 8.97. The molecule has 0 amide bonds. The van der Waals surface area contributed by atoms with Crippen LogP contribution in [0.25, 0.3) is 5.57 Å². The molecule has 0 radical (unpaired) electrons. The van der Waals surface area contributed by atoms with Crippen LogP contribution in [0, 0.1) is 0 Å². The predicted octanol–water partition coefficient (Wildman–Crippen LogP) is 2.17. The van der Waals surface area contributed by atoms with Crippen molar-refractivity contribution < 1.29 is 13.5 Å². The molecule has 0 aliphatic carbocycles. The van der Waals surface area contributed by atoms with Gasteiger partial charge in [0.05, 0.1) is 4.75 Å². The fraction of sp³-hybridized carbons (Fsp3) is 0.467. The van der Waals surface area contributed by atoms with Crippen LogP contribution in [0.15, 0.2) is 36.9 Å². The number of aliphatic hydroxyl groups is 1. The Kier molecular flexibility index (Phi) is 4.79. The van der Waals surface area contributed by atoms with Crippen molar-refractivity contribution in [3.05, 3.63) is 42.5 Å². The molecule has 20 heavy (non-hydrogen) atoms. The van der Waals surface area contributed by atoms with Crippen molar-refractivity contribution in [3.63, 3.8) is 0 Å². The standard InChI is InChI=1S/C15H23NO3S/c1-12(13-9-7-6-8-10-13)15(5,17)11-16-20(18,19)14(2,3)4/h6-10,16-17H,1,11H2,2-5H3. The van der Waals surface area contributed by atoms with Crippen LogP contribution in [0.5, 0.6) is 0 Å². The van der Waals surface area contributed by atoms with E-state index in [2.05, 4.69) is 11.3 Å². The summed E-state index contributed by atoms with van der Waals surface area (Å²) in [7, 11) is -3.50. The van der Waals surface area contributed by atoms with Crippen LogP contribution in [0.1, 0.15) is 33.3 Å². The lowest BCUT2D eigenvalue weighted by molar-refractivity contribution is 0.127. The van der Waals surface area contributed by atoms with Gasteiger partial charge in [0, 0.05) is 6.54 Å². The summed E-state index contributed by atoms with van der Waals surface area (Å²) in [6.45, 7) is 10.1. The van der Waals surface area contributed by atoms with Gasteiger partial charge < -0.3 is 5.11 Å². The molecule has 0 aliphatic rings. The second-order valence-electron chi connectivity index (χ2n) is 6.06. The van der Waals surface area contributed by atoms with E-state index < -0.39 is 20.4 Å². The van der Waals surface area contributed by atoms with Gasteiger partial charge >= 0.3 is 0 Å². The lowest BCUT2D eigenvalue weighted by Crippen LogP contribution is -2.46. The molecule has 1 aromatic carbocycles. The van der Waals surface area contributed by atoms with Crippen molar-refractivity contribution >= 4 is 15.6 Å². The highest BCUT2D eigenvalue weighted by Gasteiger charge is 2.33. The molecule has 0 spiro atoms. The Morgan fingerprint density at radius 1 is 1.20 bits per heavy atom. The largest absolute Gasteiger partial charge is 0.384 e. The summed E-state index contributed by atoms with van der Waals surface area (Å²) in [6.07, 6.45) is 0. The summed E-state index contributed by atoms with van der Waals surface area (Å²) in [5.41, 5.74) is -0.0817. The lowest BCUT2D eigenvalue weighted by Gasteiger charge is -2.28. The number of benzene rings is 1. The van der Waals surface area contributed by atoms with Crippen molar-refractivity contribution in [2.75, 3.05) is 6.54 Å². The Hall–Kier alpha value is -1.17. The van der Waals surface area contributed by atoms with Gasteiger partial charge in [0.2, 0.25) is 10.0 Å². The van der Waals surface area contributed by atoms with E-state index >= 15 is 0 Å². The Morgan fingerprint density at radius 2 is 1.70 bits per heavy atom. The van der Waals surface area contributed by atoms with E-state index in [1.807, 2.05) is 30.3 Å². The monoisotopic (exact) mass is 297 g/mol. The summed E-state index contributed by atoms with van der Waals surface area (Å²) in [4.78, 5) is 0. The number of sulfonamides is 1. The molecule has 1 unspecified atom stereocenters. The van der Waals surface area contributed by atoms with Gasteiger partial charge in [0.15, 0.2) is 0 Å². The quantitative estimate of drug-likeness (QED) is 0.875. The Morgan fingerprint density at radius 3 is 2.15 bits per heavy atom. The average molecular weight is 297 g/mol. The first-order valence-electron chi connectivity index (χ1n) is 6.44. The molecule has 0 saturated carbocycles. The van der Waals surface area contributed by atoms with Crippen molar-refractivity contribution in [3.8, 4) is 0 Å². The summed E-state index contributed by atoms with van der Waals surface area (Å²) in [6, 6.07) is 9.21. The highest BCUT2D eigenvalue weighted by molar-refractivity contribution is 7.90. The van der Waals surface area contributed by atoms with Gasteiger partial charge in [-0.15, -0.1) is 0 Å². The number of hydrogen-bond acceptors (Lipinski definition) is 3. The Balaban J connectivity index is 2.84. The van der Waals surface area contributed by atoms with Crippen molar-refractivity contribution in [2.45, 2.75) is 38.0 Å². The van der Waals surface area contributed by atoms with E-state index in [1.54, 1.807) is 27.7 Å². The van der Waals surface area contributed by atoms with Gasteiger partial charge in [0.1, 0.15) is 5.60 Å². The van der Waals surface area contributed by atoms with Crippen LogP contribution in [0.3, 0.4) is 0 Å². The molecule has 112 valence electrons. The topological polar surface area (TPSA) is 66.4 Å². The van der Waals surface area contributed by atoms with Crippen LogP contribution in [-0.4, -0.2) is 30.4 Å². The van der Waals surface area contributed by atoms with E-state index in [0.717, 1.165) is 5.56 Å². The minimum absolute atomic E-state index is 0.111. The normalized spacial score (nSPS) is 15.7. The summed E-state index contributed by atoms with van der Waals surface area (Å²) >= 11 is 0. The maximum atomic E-state index is 12.0. The molecule has 0 fully saturated rings. The zero-order valence-electron chi connectivity index (χ0n) is 12.5. The van der Waals surface area contributed by atoms with Crippen molar-refractivity contribution in [2.24, 2.45) is 0 Å². The zero-order valence-corrected chi connectivity index (χ0v) is 13.3. The maximum absolute atomic E-state index is 12.0. The van der Waals surface area contributed by atoms with Crippen LogP contribution < -0.4 is 4.72 Å². The van der Waals surface area contributed by atoms with Gasteiger partial charge in [-0.1, -0.05) is 36.9 Å². The van der Waals surface area contributed by atoms with Crippen LogP contribution in [0.4, 0.5) is 0 Å². The number of hydrogen-bond donors (Lipinski definition) is 2. The summed E-state index contributed by atoms with van der Waals surface area (Å²) in [5.74, 6) is 0. The van der Waals surface area contributed by atoms with E-state index in [1.165, 1.54) is 0 Å². The molecule has 0 aromatic heterocycles. The fourth-order valence-electron chi connectivity index (χ4n) is 1.51. The number of nitrogens with one attached hydrogen (secondary N) is 1. The lowest BCUT2D eigenvalue weighted by atomic mass is 9.91. The second kappa shape index (κ2) is 5.68. The van der Waals surface area contributed by atoms with Gasteiger partial charge in [-0.25, -0.2) is 13.1 Å². The smallest absolute Gasteiger partial charge is 0.216 e. The Labute approximate surface area is 121 Å². The maximum Gasteiger partial charge on any atom is 0.216 e. The van der Waals surface area contributed by atoms with E-state index in [4.69, 9.17) is 0 Å². The molecule has 4 nitrogen and oxygen atoms in total. The molecule has 0 bridgehead atoms. The SMILES string of the molecule is C=C(c1ccccc1)C(C)(O)CNS(=O)(=O)C(C)(C)C. The number of rotatable bonds is 5. The zero-order chi connectivity index (χ0) is 15.6. The first kappa shape index (κ1) is 16.9. The van der Waals surface area contributed by atoms with E-state index in [0.29, 0.717) is 5.57 Å². The molecule has 2 N–H and O–H groups in total. The third kappa shape index (κ3) is 3.91. The molecule has 0 saturated heterocycles. The average Bonchev–Trinajstić information content (AvgIpc) is 2.35. The van der Waals surface area contributed by atoms with Gasteiger partial charge in [-0.2, -0.15) is 0 Å². The molecular weight excluding hydrogens is 274 g/mol. The van der Waals surface area contributed by atoms with Gasteiger partial charge in [-0.3, -0.25) is 0 Å². The van der Waals surface area contributed by atoms with E-state index in [9.17, 15) is 13.5 Å². The predicted molar refractivity (Wildman–Crippen MR) is 82.8 cm³/mol. The van der Waals surface area contributed by atoms with Crippen LogP contribution in [-0.2, 0) is 10.0 Å². The molecular formula is C15H23NO3S. The summed E-state index contributed by atoms with van der Waals surface area (Å²) < 4.78 is 25.5. The Bertz CT molecular complexity index is 569. The van der Waals surface area contributed by atoms with Gasteiger partial charge in [-0.05, 0) is 38.8 Å². The third-order valence-corrected chi connectivity index (χ3v) is 5.32. The van der Waals surface area contributed by atoms with Crippen molar-refractivity contribution in [1.82, 2.24) is 4.72 Å². The van der Waals surface area contributed by atoms with E-state index in [-0.39, 0.29) is 6.54 Å². The minimum atomic E-state index is -3.50. The molecule has 0 heterocycles. The van der Waals surface area contributed by atoms with Crippen molar-refractivity contribution in [1.29, 1.82) is 0 Å². The molecule has 1 rings (SSSR count). The van der Waals surface area contributed by atoms with Crippen LogP contribution in [0.2, 0.25) is 0 Å². The molecule has 5 heteroatoms. The second-order valence-corrected chi connectivity index (χ2v) is 8.58. The molecule has 1 aromatic rings. The van der Waals surface area contributed by atoms with Crippen LogP contribution >= 0.6 is 0 Å². The third-order valence-electron chi connectivity index (χ3n) is 3.18. The minimum Gasteiger partial charge on any atom is -0.384 e. The fourth-order valence-corrected chi connectivity index (χ4v) is 2.41. The molecule has 0 aliphatic heterocycles. The summed E-state index contributed by atoms with van der Waals surface area (Å²) in [5, 5.41) is 10.4. The van der Waals surface area contributed by atoms with Gasteiger partial charge in [0.25, 0.3) is 0 Å². The highest BCUT2D eigenvalue weighted by atomic mass is 32.2. The first-order valence-corrected chi connectivity index (χ1v) is 7.92. The highest BCUT2D eigenvalue weighted by Crippen LogP contribution is 2.25. The molecule has 1 atom stereocenters.